The van der Waals surface area contributed by atoms with Crippen molar-refractivity contribution in [3.05, 3.63) is 95.6 Å². The molecule has 1 aliphatic heterocycles. The number of para-hydroxylation sites is 1. The molecule has 0 saturated carbocycles. The molecule has 0 radical (unpaired) electrons. The number of anilines is 2. The van der Waals surface area contributed by atoms with Crippen LogP contribution in [0.25, 0.3) is 0 Å². The molecule has 11 heteroatoms. The summed E-state index contributed by atoms with van der Waals surface area (Å²) in [4.78, 5) is 63.2. The van der Waals surface area contributed by atoms with Crippen molar-refractivity contribution in [2.45, 2.75) is 25.5 Å². The van der Waals surface area contributed by atoms with Crippen molar-refractivity contribution in [1.29, 1.82) is 0 Å². The average molecular weight is 546 g/mol. The molecule has 0 aromatic heterocycles. The lowest BCUT2D eigenvalue weighted by molar-refractivity contribution is -0.147. The molecule has 40 heavy (non-hydrogen) atoms. The predicted octanol–water partition coefficient (Wildman–Crippen LogP) is 3.30. The number of rotatable bonds is 10. The second-order valence-corrected chi connectivity index (χ2v) is 9.13. The molecule has 4 N–H and O–H groups in total. The van der Waals surface area contributed by atoms with Crippen molar-refractivity contribution >= 4 is 41.2 Å². The number of nitrogens with zero attached hydrogens (tertiary/aromatic N) is 1. The molecule has 1 aliphatic rings. The van der Waals surface area contributed by atoms with Gasteiger partial charge in [-0.3, -0.25) is 19.3 Å². The van der Waals surface area contributed by atoms with Crippen LogP contribution in [0.15, 0.2) is 78.9 Å². The third-order valence-corrected chi connectivity index (χ3v) is 6.39. The first-order valence-electron chi connectivity index (χ1n) is 12.5. The lowest BCUT2D eigenvalue weighted by Gasteiger charge is -2.20. The molecular formula is C29H27N3O8. The van der Waals surface area contributed by atoms with Crippen molar-refractivity contribution in [1.82, 2.24) is 5.32 Å². The zero-order chi connectivity index (χ0) is 28.6. The van der Waals surface area contributed by atoms with Crippen LogP contribution in [0.3, 0.4) is 0 Å². The van der Waals surface area contributed by atoms with Gasteiger partial charge >= 0.3 is 18.0 Å². The topological polar surface area (TPSA) is 162 Å². The maximum Gasteiger partial charge on any atom is 0.414 e. The fraction of sp³-hybridized carbons (Fsp3) is 0.207. The van der Waals surface area contributed by atoms with Crippen LogP contribution in [0, 0.1) is 5.92 Å². The number of carbonyl (C=O) groups is 5. The predicted molar refractivity (Wildman–Crippen MR) is 144 cm³/mol. The molecule has 0 spiro atoms. The summed E-state index contributed by atoms with van der Waals surface area (Å²) in [5, 5.41) is 24.0. The van der Waals surface area contributed by atoms with Gasteiger partial charge in [0, 0.05) is 24.2 Å². The Morgan fingerprint density at radius 2 is 1.55 bits per heavy atom. The minimum Gasteiger partial charge on any atom is -0.481 e. The van der Waals surface area contributed by atoms with E-state index >= 15 is 0 Å². The Bertz CT molecular complexity index is 1410. The van der Waals surface area contributed by atoms with E-state index in [1.54, 1.807) is 42.5 Å². The van der Waals surface area contributed by atoms with Crippen LogP contribution >= 0.6 is 0 Å². The Morgan fingerprint density at radius 1 is 0.875 bits per heavy atom. The Labute approximate surface area is 229 Å². The van der Waals surface area contributed by atoms with E-state index in [-0.39, 0.29) is 12.2 Å². The number of amides is 3. The van der Waals surface area contributed by atoms with Gasteiger partial charge in [-0.1, -0.05) is 48.5 Å². The van der Waals surface area contributed by atoms with Crippen LogP contribution in [-0.2, 0) is 32.1 Å². The van der Waals surface area contributed by atoms with Gasteiger partial charge in [0.15, 0.2) is 0 Å². The number of fused-ring (bicyclic) bond motifs is 1. The summed E-state index contributed by atoms with van der Waals surface area (Å²) in [6, 6.07) is 20.3. The van der Waals surface area contributed by atoms with E-state index in [4.69, 9.17) is 4.74 Å². The Hall–Kier alpha value is -5.19. The second-order valence-electron chi connectivity index (χ2n) is 9.13. The highest BCUT2D eigenvalue weighted by molar-refractivity contribution is 6.05. The largest absolute Gasteiger partial charge is 0.481 e. The maximum atomic E-state index is 12.9. The van der Waals surface area contributed by atoms with Crippen molar-refractivity contribution < 1.29 is 38.9 Å². The lowest BCUT2D eigenvalue weighted by Crippen LogP contribution is -2.45. The molecule has 3 aromatic carbocycles. The molecule has 0 fully saturated rings. The fourth-order valence-corrected chi connectivity index (χ4v) is 4.30. The number of nitrogens with one attached hydrogen (secondary N) is 2. The molecule has 11 nitrogen and oxygen atoms in total. The number of ether oxygens (including phenoxy) is 1. The fourth-order valence-electron chi connectivity index (χ4n) is 4.30. The first-order valence-corrected chi connectivity index (χ1v) is 12.5. The molecule has 4 rings (SSSR count). The van der Waals surface area contributed by atoms with Gasteiger partial charge in [-0.05, 0) is 47.9 Å². The van der Waals surface area contributed by atoms with Gasteiger partial charge < -0.3 is 25.6 Å². The monoisotopic (exact) mass is 545 g/mol. The number of hydrogen-bond acceptors (Lipinski definition) is 6. The molecule has 3 amide bonds. The molecule has 206 valence electrons. The summed E-state index contributed by atoms with van der Waals surface area (Å²) in [6.45, 7) is 0.464. The van der Waals surface area contributed by atoms with Gasteiger partial charge in [0.05, 0.1) is 5.69 Å². The van der Waals surface area contributed by atoms with Gasteiger partial charge in [0.1, 0.15) is 18.6 Å². The van der Waals surface area contributed by atoms with E-state index in [9.17, 15) is 34.2 Å². The summed E-state index contributed by atoms with van der Waals surface area (Å²) < 4.78 is 5.40. The van der Waals surface area contributed by atoms with Gasteiger partial charge in [0.25, 0.3) is 5.91 Å². The van der Waals surface area contributed by atoms with Crippen LogP contribution in [0.5, 0.6) is 0 Å². The summed E-state index contributed by atoms with van der Waals surface area (Å²) in [5.41, 5.74) is 2.60. The summed E-state index contributed by atoms with van der Waals surface area (Å²) in [7, 11) is 0. The highest BCUT2D eigenvalue weighted by Crippen LogP contribution is 2.30. The number of carbonyl (C=O) groups excluding carboxylic acids is 3. The zero-order valence-electron chi connectivity index (χ0n) is 21.3. The third kappa shape index (κ3) is 6.81. The van der Waals surface area contributed by atoms with E-state index in [2.05, 4.69) is 10.6 Å². The summed E-state index contributed by atoms with van der Waals surface area (Å²) in [5.74, 6) is -6.40. The molecule has 0 aliphatic carbocycles. The van der Waals surface area contributed by atoms with Crippen LogP contribution in [0.4, 0.5) is 16.2 Å². The Morgan fingerprint density at radius 3 is 2.20 bits per heavy atom. The van der Waals surface area contributed by atoms with Gasteiger partial charge in [-0.25, -0.2) is 9.59 Å². The SMILES string of the molecule is O=C(N[C@@H](CC(C(=O)O)C(=O)Nc1ccccc1)C(=O)O)c1ccc2c(c1)CCN2C(=O)OCc1ccccc1. The van der Waals surface area contributed by atoms with Gasteiger partial charge in [0.2, 0.25) is 5.91 Å². The normalized spacial score (nSPS) is 13.4. The van der Waals surface area contributed by atoms with Crippen molar-refractivity contribution in [3.8, 4) is 0 Å². The van der Waals surface area contributed by atoms with Crippen LogP contribution < -0.4 is 15.5 Å². The average Bonchev–Trinajstić information content (AvgIpc) is 3.38. The molecular weight excluding hydrogens is 518 g/mol. The minimum atomic E-state index is -1.72. The van der Waals surface area contributed by atoms with Gasteiger partial charge in [-0.2, -0.15) is 0 Å². The lowest BCUT2D eigenvalue weighted by atomic mass is 9.98. The van der Waals surface area contributed by atoms with Crippen LogP contribution in [0.1, 0.15) is 27.9 Å². The van der Waals surface area contributed by atoms with Crippen molar-refractivity contribution in [3.63, 3.8) is 0 Å². The minimum absolute atomic E-state index is 0.114. The highest BCUT2D eigenvalue weighted by atomic mass is 16.6. The summed E-state index contributed by atoms with van der Waals surface area (Å²) >= 11 is 0. The quantitative estimate of drug-likeness (QED) is 0.282. The third-order valence-electron chi connectivity index (χ3n) is 6.39. The van der Waals surface area contributed by atoms with Crippen LogP contribution in [-0.4, -0.2) is 52.6 Å². The number of benzene rings is 3. The first kappa shape index (κ1) is 27.8. The molecule has 2 atom stereocenters. The zero-order valence-corrected chi connectivity index (χ0v) is 21.3. The van der Waals surface area contributed by atoms with E-state index in [1.807, 2.05) is 30.3 Å². The second kappa shape index (κ2) is 12.6. The molecule has 1 unspecified atom stereocenters. The van der Waals surface area contributed by atoms with E-state index in [0.717, 1.165) is 5.56 Å². The maximum absolute atomic E-state index is 12.9. The molecule has 3 aromatic rings. The first-order chi connectivity index (χ1) is 19.2. The van der Waals surface area contributed by atoms with Crippen molar-refractivity contribution in [2.24, 2.45) is 5.92 Å². The van der Waals surface area contributed by atoms with Gasteiger partial charge in [-0.15, -0.1) is 0 Å². The van der Waals surface area contributed by atoms with Crippen LogP contribution in [0.2, 0.25) is 0 Å². The molecule has 0 bridgehead atoms. The number of aliphatic carboxylic acids is 2. The van der Waals surface area contributed by atoms with E-state index < -0.39 is 48.2 Å². The number of carboxylic acid groups (broad SMARTS) is 2. The molecule has 0 saturated heterocycles. The molecule has 1 heterocycles. The number of hydrogen-bond donors (Lipinski definition) is 4. The number of carboxylic acids is 2. The Balaban J connectivity index is 1.40. The summed E-state index contributed by atoms with van der Waals surface area (Å²) in [6.07, 6.45) is -0.736. The van der Waals surface area contributed by atoms with E-state index in [1.165, 1.54) is 11.0 Å². The van der Waals surface area contributed by atoms with Crippen molar-refractivity contribution in [2.75, 3.05) is 16.8 Å². The Kier molecular flexibility index (Phi) is 8.75. The van der Waals surface area contributed by atoms with E-state index in [0.29, 0.717) is 29.9 Å². The smallest absolute Gasteiger partial charge is 0.414 e. The standard InChI is InChI=1S/C29H27N3O8/c33-25(31-23(28(37)38)16-22(27(35)36)26(34)30-21-9-5-2-6-10-21)20-11-12-24-19(15-20)13-14-32(24)29(39)40-17-18-7-3-1-4-8-18/h1-12,15,22-23H,13-14,16-17H2,(H,30,34)(H,31,33)(H,35,36)(H,37,38)/t22?,23-/m0/s1. The highest BCUT2D eigenvalue weighted by Gasteiger charge is 2.34.